The van der Waals surface area contributed by atoms with Crippen molar-refractivity contribution in [2.24, 2.45) is 0 Å². The van der Waals surface area contributed by atoms with Crippen LogP contribution in [0.3, 0.4) is 0 Å². The van der Waals surface area contributed by atoms with Gasteiger partial charge in [0.05, 0.1) is 6.54 Å². The van der Waals surface area contributed by atoms with E-state index in [0.717, 1.165) is 45.8 Å². The molecule has 0 aromatic carbocycles. The van der Waals surface area contributed by atoms with Crippen molar-refractivity contribution < 1.29 is 4.79 Å². The molecule has 1 aliphatic heterocycles. The van der Waals surface area contributed by atoms with Gasteiger partial charge >= 0.3 is 0 Å². The fourth-order valence-electron chi connectivity index (χ4n) is 2.60. The summed E-state index contributed by atoms with van der Waals surface area (Å²) in [6, 6.07) is 4.31. The molecule has 1 amide bonds. The van der Waals surface area contributed by atoms with E-state index >= 15 is 0 Å². The van der Waals surface area contributed by atoms with E-state index in [1.54, 1.807) is 0 Å². The molecule has 1 aromatic heterocycles. The maximum absolute atomic E-state index is 12.1. The maximum Gasteiger partial charge on any atom is 0.236 e. The highest BCUT2D eigenvalue weighted by Gasteiger charge is 2.20. The molecule has 2 rings (SSSR count). The summed E-state index contributed by atoms with van der Waals surface area (Å²) in [5, 5.41) is 2.13. The van der Waals surface area contributed by atoms with Gasteiger partial charge in [0.25, 0.3) is 0 Å². The van der Waals surface area contributed by atoms with Crippen molar-refractivity contribution in [3.63, 3.8) is 0 Å². The number of likely N-dealkylation sites (N-methyl/N-ethyl adjacent to an activating group) is 1. The van der Waals surface area contributed by atoms with Crippen LogP contribution in [0.25, 0.3) is 0 Å². The minimum atomic E-state index is 0.265. The predicted octanol–water partition coefficient (Wildman–Crippen LogP) is 1.73. The molecule has 112 valence electrons. The Bertz CT molecular complexity index is 395. The standard InChI is InChI=1S/C15H25N3OS/c1-3-18(4-2)15(19)13-17-9-7-16(8-10-17)12-14-6-5-11-20-14/h5-6,11H,3-4,7-10,12-13H2,1-2H3. The largest absolute Gasteiger partial charge is 0.342 e. The fraction of sp³-hybridized carbons (Fsp3) is 0.667. The van der Waals surface area contributed by atoms with Gasteiger partial charge in [-0.1, -0.05) is 6.07 Å². The predicted molar refractivity (Wildman–Crippen MR) is 84.0 cm³/mol. The van der Waals surface area contributed by atoms with Crippen LogP contribution in [0.4, 0.5) is 0 Å². The van der Waals surface area contributed by atoms with Crippen LogP contribution in [0.5, 0.6) is 0 Å². The first-order valence-corrected chi connectivity index (χ1v) is 8.35. The highest BCUT2D eigenvalue weighted by molar-refractivity contribution is 7.09. The number of nitrogens with zero attached hydrogens (tertiary/aromatic N) is 3. The minimum absolute atomic E-state index is 0.265. The molecule has 0 unspecified atom stereocenters. The molecule has 0 atom stereocenters. The van der Waals surface area contributed by atoms with Gasteiger partial charge in [0.15, 0.2) is 0 Å². The third-order valence-electron chi connectivity index (χ3n) is 3.90. The summed E-state index contributed by atoms with van der Waals surface area (Å²) in [4.78, 5) is 20.2. The van der Waals surface area contributed by atoms with Gasteiger partial charge in [0.1, 0.15) is 0 Å². The molecule has 0 bridgehead atoms. The average molecular weight is 295 g/mol. The molecular weight excluding hydrogens is 270 g/mol. The molecule has 2 heterocycles. The van der Waals surface area contributed by atoms with Crippen LogP contribution in [0.1, 0.15) is 18.7 Å². The second-order valence-corrected chi connectivity index (χ2v) is 6.23. The third-order valence-corrected chi connectivity index (χ3v) is 4.76. The summed E-state index contributed by atoms with van der Waals surface area (Å²) >= 11 is 1.82. The van der Waals surface area contributed by atoms with E-state index < -0.39 is 0 Å². The van der Waals surface area contributed by atoms with Gasteiger partial charge in [-0.15, -0.1) is 11.3 Å². The van der Waals surface area contributed by atoms with E-state index in [1.807, 2.05) is 30.1 Å². The zero-order valence-electron chi connectivity index (χ0n) is 12.5. The molecule has 20 heavy (non-hydrogen) atoms. The van der Waals surface area contributed by atoms with Crippen LogP contribution in [-0.4, -0.2) is 66.4 Å². The SMILES string of the molecule is CCN(CC)C(=O)CN1CCN(Cc2cccs2)CC1. The molecule has 0 radical (unpaired) electrons. The van der Waals surface area contributed by atoms with Crippen molar-refractivity contribution in [1.82, 2.24) is 14.7 Å². The van der Waals surface area contributed by atoms with Gasteiger partial charge in [0, 0.05) is 50.7 Å². The smallest absolute Gasteiger partial charge is 0.236 e. The highest BCUT2D eigenvalue weighted by atomic mass is 32.1. The molecule has 1 aliphatic rings. The summed E-state index contributed by atoms with van der Waals surface area (Å²) in [5.74, 6) is 0.265. The maximum atomic E-state index is 12.1. The van der Waals surface area contributed by atoms with Crippen molar-refractivity contribution in [2.75, 3.05) is 45.8 Å². The number of thiophene rings is 1. The lowest BCUT2D eigenvalue weighted by atomic mass is 10.3. The zero-order chi connectivity index (χ0) is 14.4. The van der Waals surface area contributed by atoms with Crippen molar-refractivity contribution in [2.45, 2.75) is 20.4 Å². The van der Waals surface area contributed by atoms with E-state index in [9.17, 15) is 4.79 Å². The first-order chi connectivity index (χ1) is 9.72. The highest BCUT2D eigenvalue weighted by Crippen LogP contribution is 2.13. The lowest BCUT2D eigenvalue weighted by Crippen LogP contribution is -2.49. The van der Waals surface area contributed by atoms with Crippen molar-refractivity contribution in [3.05, 3.63) is 22.4 Å². The van der Waals surface area contributed by atoms with E-state index in [4.69, 9.17) is 0 Å². The number of carbonyl (C=O) groups excluding carboxylic acids is 1. The number of hydrogen-bond donors (Lipinski definition) is 0. The Labute approximate surface area is 126 Å². The van der Waals surface area contributed by atoms with E-state index in [1.165, 1.54) is 4.88 Å². The minimum Gasteiger partial charge on any atom is -0.342 e. The van der Waals surface area contributed by atoms with Crippen LogP contribution >= 0.6 is 11.3 Å². The van der Waals surface area contributed by atoms with E-state index in [0.29, 0.717) is 6.54 Å². The monoisotopic (exact) mass is 295 g/mol. The zero-order valence-corrected chi connectivity index (χ0v) is 13.4. The van der Waals surface area contributed by atoms with Crippen LogP contribution in [0.2, 0.25) is 0 Å². The molecule has 1 fully saturated rings. The van der Waals surface area contributed by atoms with Gasteiger partial charge in [0.2, 0.25) is 5.91 Å². The van der Waals surface area contributed by atoms with Crippen molar-refractivity contribution in [1.29, 1.82) is 0 Å². The Balaban J connectivity index is 1.72. The Morgan fingerprint density at radius 2 is 1.85 bits per heavy atom. The second-order valence-electron chi connectivity index (χ2n) is 5.20. The number of amides is 1. The topological polar surface area (TPSA) is 26.8 Å². The Hall–Kier alpha value is -0.910. The molecule has 4 nitrogen and oxygen atoms in total. The molecule has 0 aliphatic carbocycles. The molecule has 1 saturated heterocycles. The number of piperazine rings is 1. The van der Waals surface area contributed by atoms with Crippen LogP contribution < -0.4 is 0 Å². The average Bonchev–Trinajstić information content (AvgIpc) is 2.95. The fourth-order valence-corrected chi connectivity index (χ4v) is 3.34. The molecule has 0 saturated carbocycles. The summed E-state index contributed by atoms with van der Waals surface area (Å²) in [6.45, 7) is 11.5. The lowest BCUT2D eigenvalue weighted by molar-refractivity contribution is -0.132. The van der Waals surface area contributed by atoms with E-state index in [2.05, 4.69) is 27.3 Å². The summed E-state index contributed by atoms with van der Waals surface area (Å²) < 4.78 is 0. The molecule has 0 spiro atoms. The Kier molecular flexibility index (Phi) is 6.01. The van der Waals surface area contributed by atoms with Crippen LogP contribution in [-0.2, 0) is 11.3 Å². The summed E-state index contributed by atoms with van der Waals surface area (Å²) in [7, 11) is 0. The Morgan fingerprint density at radius 3 is 2.40 bits per heavy atom. The molecular formula is C15H25N3OS. The van der Waals surface area contributed by atoms with Crippen molar-refractivity contribution >= 4 is 17.2 Å². The second kappa shape index (κ2) is 7.76. The first kappa shape index (κ1) is 15.5. The van der Waals surface area contributed by atoms with Crippen LogP contribution in [0.15, 0.2) is 17.5 Å². The lowest BCUT2D eigenvalue weighted by Gasteiger charge is -2.35. The summed E-state index contributed by atoms with van der Waals surface area (Å²) in [5.41, 5.74) is 0. The van der Waals surface area contributed by atoms with Crippen LogP contribution in [0, 0.1) is 0 Å². The van der Waals surface area contributed by atoms with Gasteiger partial charge < -0.3 is 4.90 Å². The normalized spacial score (nSPS) is 17.3. The van der Waals surface area contributed by atoms with Gasteiger partial charge in [-0.05, 0) is 25.3 Å². The molecule has 0 N–H and O–H groups in total. The number of hydrogen-bond acceptors (Lipinski definition) is 4. The van der Waals surface area contributed by atoms with Gasteiger partial charge in [-0.3, -0.25) is 14.6 Å². The first-order valence-electron chi connectivity index (χ1n) is 7.47. The van der Waals surface area contributed by atoms with E-state index in [-0.39, 0.29) is 5.91 Å². The summed E-state index contributed by atoms with van der Waals surface area (Å²) in [6.07, 6.45) is 0. The Morgan fingerprint density at radius 1 is 1.20 bits per heavy atom. The van der Waals surface area contributed by atoms with Gasteiger partial charge in [-0.25, -0.2) is 0 Å². The quantitative estimate of drug-likeness (QED) is 0.800. The van der Waals surface area contributed by atoms with Crippen molar-refractivity contribution in [3.8, 4) is 0 Å². The third kappa shape index (κ3) is 4.30. The molecule has 1 aromatic rings. The molecule has 5 heteroatoms. The number of rotatable bonds is 6. The number of carbonyl (C=O) groups is 1. The van der Waals surface area contributed by atoms with Gasteiger partial charge in [-0.2, -0.15) is 0 Å².